The Hall–Kier alpha value is -2.59. The van der Waals surface area contributed by atoms with Crippen LogP contribution in [0.1, 0.15) is 37.8 Å². The summed E-state index contributed by atoms with van der Waals surface area (Å²) in [6.45, 7) is 5.50. The lowest BCUT2D eigenvalue weighted by molar-refractivity contribution is -0.140. The second-order valence-corrected chi connectivity index (χ2v) is 12.9. The summed E-state index contributed by atoms with van der Waals surface area (Å²) >= 11 is 15.9. The fraction of sp³-hybridized carbons (Fsp3) is 0.310. The highest BCUT2D eigenvalue weighted by Gasteiger charge is 2.34. The molecule has 0 saturated carbocycles. The Balaban J connectivity index is 2.07. The van der Waals surface area contributed by atoms with Crippen LogP contribution in [-0.2, 0) is 26.2 Å². The highest BCUT2D eigenvalue weighted by Crippen LogP contribution is 2.28. The van der Waals surface area contributed by atoms with Crippen LogP contribution in [0.2, 0.25) is 10.0 Å². The lowest BCUT2D eigenvalue weighted by atomic mass is 10.1. The summed E-state index contributed by atoms with van der Waals surface area (Å²) in [4.78, 5) is 28.7. The average Bonchev–Trinajstić information content (AvgIpc) is 2.91. The van der Waals surface area contributed by atoms with E-state index in [1.807, 2.05) is 13.8 Å². The van der Waals surface area contributed by atoms with E-state index in [9.17, 15) is 18.0 Å². The number of carbonyl (C=O) groups is 2. The van der Waals surface area contributed by atoms with E-state index >= 15 is 0 Å². The molecule has 0 heterocycles. The van der Waals surface area contributed by atoms with Crippen molar-refractivity contribution in [3.8, 4) is 0 Å². The van der Waals surface area contributed by atoms with Gasteiger partial charge in [0.15, 0.2) is 0 Å². The molecule has 0 aliphatic rings. The lowest BCUT2D eigenvalue weighted by Crippen LogP contribution is -2.52. The van der Waals surface area contributed by atoms with Crippen LogP contribution in [0.3, 0.4) is 0 Å². The Morgan fingerprint density at radius 2 is 1.70 bits per heavy atom. The summed E-state index contributed by atoms with van der Waals surface area (Å²) in [5, 5.41) is 3.63. The van der Waals surface area contributed by atoms with Crippen LogP contribution in [0.15, 0.2) is 76.1 Å². The molecule has 1 N–H and O–H groups in total. The molecule has 11 heteroatoms. The first-order valence-corrected chi connectivity index (χ1v) is 15.8. The van der Waals surface area contributed by atoms with Gasteiger partial charge in [-0.2, -0.15) is 0 Å². The minimum Gasteiger partial charge on any atom is -0.354 e. The van der Waals surface area contributed by atoms with Crippen molar-refractivity contribution in [3.63, 3.8) is 0 Å². The molecule has 0 saturated heterocycles. The van der Waals surface area contributed by atoms with E-state index in [2.05, 4.69) is 21.2 Å². The minimum atomic E-state index is -4.15. The second-order valence-electron chi connectivity index (χ2n) is 9.28. The summed E-state index contributed by atoms with van der Waals surface area (Å²) in [6.07, 6.45) is 1.04. The van der Waals surface area contributed by atoms with E-state index in [-0.39, 0.29) is 17.3 Å². The van der Waals surface area contributed by atoms with E-state index < -0.39 is 28.5 Å². The van der Waals surface area contributed by atoms with Crippen LogP contribution in [0.25, 0.3) is 0 Å². The van der Waals surface area contributed by atoms with Gasteiger partial charge in [0.1, 0.15) is 12.6 Å². The highest BCUT2D eigenvalue weighted by atomic mass is 79.9. The molecule has 0 radical (unpaired) electrons. The molecule has 0 aliphatic carbocycles. The van der Waals surface area contributed by atoms with Gasteiger partial charge in [0, 0.05) is 27.6 Å². The third-order valence-corrected chi connectivity index (χ3v) is 9.14. The summed E-state index contributed by atoms with van der Waals surface area (Å²) in [5.41, 5.74) is 1.78. The van der Waals surface area contributed by atoms with E-state index in [1.165, 1.54) is 17.0 Å². The van der Waals surface area contributed by atoms with E-state index in [4.69, 9.17) is 23.2 Å². The van der Waals surface area contributed by atoms with Crippen LogP contribution >= 0.6 is 39.1 Å². The van der Waals surface area contributed by atoms with Crippen molar-refractivity contribution in [3.05, 3.63) is 92.4 Å². The number of hydrogen-bond donors (Lipinski definition) is 1. The quantitative estimate of drug-likeness (QED) is 0.236. The van der Waals surface area contributed by atoms with Crippen molar-refractivity contribution in [2.24, 2.45) is 0 Å². The van der Waals surface area contributed by atoms with Gasteiger partial charge in [-0.3, -0.25) is 13.9 Å². The zero-order chi connectivity index (χ0) is 29.4. The molecule has 2 amide bonds. The van der Waals surface area contributed by atoms with Gasteiger partial charge in [0.25, 0.3) is 10.0 Å². The van der Waals surface area contributed by atoms with Gasteiger partial charge >= 0.3 is 0 Å². The maximum absolute atomic E-state index is 14.1. The Morgan fingerprint density at radius 1 is 1.00 bits per heavy atom. The first-order chi connectivity index (χ1) is 19.0. The molecule has 7 nitrogen and oxygen atoms in total. The molecule has 0 spiro atoms. The Kier molecular flexibility index (Phi) is 11.5. The summed E-state index contributed by atoms with van der Waals surface area (Å²) < 4.78 is 29.5. The van der Waals surface area contributed by atoms with Crippen LogP contribution < -0.4 is 9.62 Å². The molecule has 0 fully saturated rings. The third-order valence-electron chi connectivity index (χ3n) is 6.27. The summed E-state index contributed by atoms with van der Waals surface area (Å²) in [7, 11) is -4.15. The van der Waals surface area contributed by atoms with Gasteiger partial charge in [0.05, 0.1) is 10.6 Å². The minimum absolute atomic E-state index is 0.0101. The van der Waals surface area contributed by atoms with E-state index in [0.29, 0.717) is 38.7 Å². The zero-order valence-corrected chi connectivity index (χ0v) is 26.4. The smallest absolute Gasteiger partial charge is 0.264 e. The van der Waals surface area contributed by atoms with Crippen molar-refractivity contribution in [2.75, 3.05) is 17.4 Å². The molecule has 0 unspecified atom stereocenters. The van der Waals surface area contributed by atoms with Gasteiger partial charge in [-0.25, -0.2) is 8.42 Å². The van der Waals surface area contributed by atoms with Crippen molar-refractivity contribution < 1.29 is 18.0 Å². The number of sulfonamides is 1. The molecular weight excluding hydrogens is 637 g/mol. The largest absolute Gasteiger partial charge is 0.354 e. The summed E-state index contributed by atoms with van der Waals surface area (Å²) in [6, 6.07) is 17.2. The fourth-order valence-corrected chi connectivity index (χ4v) is 6.38. The van der Waals surface area contributed by atoms with E-state index in [1.54, 1.807) is 61.5 Å². The first kappa shape index (κ1) is 31.9. The molecule has 214 valence electrons. The van der Waals surface area contributed by atoms with Crippen LogP contribution in [0, 0.1) is 6.92 Å². The number of nitrogens with zero attached hydrogens (tertiary/aromatic N) is 2. The molecule has 3 rings (SSSR count). The molecule has 3 aromatic carbocycles. The van der Waals surface area contributed by atoms with Gasteiger partial charge in [-0.05, 0) is 67.8 Å². The number of aryl methyl sites for hydroxylation is 1. The topological polar surface area (TPSA) is 86.8 Å². The number of rotatable bonds is 12. The van der Waals surface area contributed by atoms with Gasteiger partial charge in [-0.1, -0.05) is 82.8 Å². The third kappa shape index (κ3) is 8.00. The molecule has 0 aliphatic heterocycles. The van der Waals surface area contributed by atoms with Gasteiger partial charge < -0.3 is 10.2 Å². The van der Waals surface area contributed by atoms with Crippen molar-refractivity contribution >= 4 is 66.7 Å². The molecule has 40 heavy (non-hydrogen) atoms. The number of benzene rings is 3. The maximum atomic E-state index is 14.1. The lowest BCUT2D eigenvalue weighted by Gasteiger charge is -2.33. The maximum Gasteiger partial charge on any atom is 0.264 e. The number of anilines is 1. The predicted molar refractivity (Wildman–Crippen MR) is 164 cm³/mol. The average molecular weight is 669 g/mol. The van der Waals surface area contributed by atoms with Gasteiger partial charge in [-0.15, -0.1) is 0 Å². The number of halogens is 3. The van der Waals surface area contributed by atoms with Crippen molar-refractivity contribution in [1.29, 1.82) is 0 Å². The summed E-state index contributed by atoms with van der Waals surface area (Å²) in [5.74, 6) is -0.877. The predicted octanol–water partition coefficient (Wildman–Crippen LogP) is 6.59. The zero-order valence-electron chi connectivity index (χ0n) is 22.5. The molecule has 0 bridgehead atoms. The van der Waals surface area contributed by atoms with E-state index in [0.717, 1.165) is 16.3 Å². The van der Waals surface area contributed by atoms with Gasteiger partial charge in [0.2, 0.25) is 11.8 Å². The second kappa shape index (κ2) is 14.3. The van der Waals surface area contributed by atoms with Crippen LogP contribution in [0.5, 0.6) is 0 Å². The number of carbonyl (C=O) groups excluding carboxylic acids is 2. The normalized spacial score (nSPS) is 12.1. The first-order valence-electron chi connectivity index (χ1n) is 12.8. The Bertz CT molecular complexity index is 1450. The van der Waals surface area contributed by atoms with Crippen molar-refractivity contribution in [2.45, 2.75) is 51.1 Å². The van der Waals surface area contributed by atoms with Crippen LogP contribution in [-0.4, -0.2) is 44.3 Å². The Labute approximate surface area is 254 Å². The highest BCUT2D eigenvalue weighted by molar-refractivity contribution is 9.10. The Morgan fingerprint density at radius 3 is 2.30 bits per heavy atom. The monoisotopic (exact) mass is 667 g/mol. The molecule has 3 aromatic rings. The van der Waals surface area contributed by atoms with Crippen LogP contribution in [0.4, 0.5) is 5.69 Å². The molecule has 0 aromatic heterocycles. The SMILES string of the molecule is CCCNC(=O)[C@H](CC)N(Cc1ccc(Cl)cc1Cl)C(=O)CN(c1cccc(Br)c1)S(=O)(=O)c1ccc(C)cc1. The standard InChI is InChI=1S/C29H32BrCl2N3O4S/c1-4-15-33-29(37)27(5-2)34(18-21-11-12-23(31)17-26(21)32)28(36)19-35(24-8-6-7-22(30)16-24)40(38,39)25-13-9-20(3)10-14-25/h6-14,16-17,27H,4-5,15,18-19H2,1-3H3,(H,33,37)/t27-/m0/s1. The fourth-order valence-electron chi connectivity index (χ4n) is 4.12. The molecular formula is C29H32BrCl2N3O4S. The number of amides is 2. The number of hydrogen-bond acceptors (Lipinski definition) is 4. The number of nitrogens with one attached hydrogen (secondary N) is 1. The van der Waals surface area contributed by atoms with Crippen molar-refractivity contribution in [1.82, 2.24) is 10.2 Å². The molecule has 1 atom stereocenters.